The Hall–Kier alpha value is -3.41. The van der Waals surface area contributed by atoms with Crippen molar-refractivity contribution in [2.75, 3.05) is 6.54 Å². The van der Waals surface area contributed by atoms with Crippen LogP contribution in [0.4, 0.5) is 0 Å². The van der Waals surface area contributed by atoms with E-state index >= 15 is 0 Å². The molecule has 27 heavy (non-hydrogen) atoms. The van der Waals surface area contributed by atoms with Gasteiger partial charge in [0.25, 0.3) is 11.8 Å². The Morgan fingerprint density at radius 3 is 2.67 bits per heavy atom. The third-order valence-corrected chi connectivity index (χ3v) is 4.77. The lowest BCUT2D eigenvalue weighted by Gasteiger charge is -2.09. The van der Waals surface area contributed by atoms with Crippen LogP contribution in [-0.4, -0.2) is 24.1 Å². The summed E-state index contributed by atoms with van der Waals surface area (Å²) in [5, 5.41) is 9.16. The van der Waals surface area contributed by atoms with E-state index in [0.29, 0.717) is 0 Å². The van der Waals surface area contributed by atoms with Crippen LogP contribution in [0.1, 0.15) is 34.2 Å². The molecule has 1 heterocycles. The minimum Gasteiger partial charge on any atom is -0.459 e. The number of benzene rings is 2. The first-order chi connectivity index (χ1) is 13.1. The lowest BCUT2D eigenvalue weighted by Crippen LogP contribution is -2.35. The molecule has 0 atom stereocenters. The van der Waals surface area contributed by atoms with E-state index in [2.05, 4.69) is 46.2 Å². The molecule has 6 nitrogen and oxygen atoms in total. The maximum Gasteiger partial charge on any atom is 0.287 e. The Kier molecular flexibility index (Phi) is 4.46. The van der Waals surface area contributed by atoms with Crippen molar-refractivity contribution in [1.29, 1.82) is 0 Å². The van der Waals surface area contributed by atoms with Crippen LogP contribution >= 0.6 is 0 Å². The average Bonchev–Trinajstić information content (AvgIpc) is 3.36. The van der Waals surface area contributed by atoms with Crippen LogP contribution in [0.25, 0.3) is 10.8 Å². The predicted molar refractivity (Wildman–Crippen MR) is 103 cm³/mol. The number of rotatable bonds is 5. The quantitative estimate of drug-likeness (QED) is 0.541. The van der Waals surface area contributed by atoms with Gasteiger partial charge in [0.2, 0.25) is 0 Å². The van der Waals surface area contributed by atoms with Gasteiger partial charge >= 0.3 is 0 Å². The number of aryl methyl sites for hydroxylation is 2. The second-order valence-corrected chi connectivity index (χ2v) is 6.50. The molecule has 0 saturated heterocycles. The number of hydrazone groups is 1. The Balaban J connectivity index is 1.45. The second kappa shape index (κ2) is 7.07. The molecule has 0 fully saturated rings. The fourth-order valence-electron chi connectivity index (χ4n) is 3.46. The van der Waals surface area contributed by atoms with Crippen molar-refractivity contribution in [3.8, 4) is 0 Å². The summed E-state index contributed by atoms with van der Waals surface area (Å²) in [4.78, 5) is 23.7. The molecule has 0 spiro atoms. The van der Waals surface area contributed by atoms with Crippen LogP contribution in [0.5, 0.6) is 0 Å². The zero-order chi connectivity index (χ0) is 18.8. The summed E-state index contributed by atoms with van der Waals surface area (Å²) < 4.78 is 4.98. The average molecular weight is 361 g/mol. The van der Waals surface area contributed by atoms with E-state index in [4.69, 9.17) is 4.42 Å². The summed E-state index contributed by atoms with van der Waals surface area (Å²) in [5.74, 6) is -0.682. The first-order valence-corrected chi connectivity index (χ1v) is 8.82. The van der Waals surface area contributed by atoms with Crippen molar-refractivity contribution in [1.82, 2.24) is 10.7 Å². The molecule has 6 heteroatoms. The highest BCUT2D eigenvalue weighted by molar-refractivity contribution is 6.11. The fraction of sp³-hybridized carbons (Fsp3) is 0.190. The molecule has 0 bridgehead atoms. The summed E-state index contributed by atoms with van der Waals surface area (Å²) in [6, 6.07) is 13.7. The Morgan fingerprint density at radius 2 is 1.89 bits per heavy atom. The van der Waals surface area contributed by atoms with E-state index in [0.717, 1.165) is 29.5 Å². The third kappa shape index (κ3) is 3.33. The van der Waals surface area contributed by atoms with Crippen molar-refractivity contribution in [3.05, 3.63) is 71.2 Å². The standard InChI is InChI=1S/C21H19N3O3/c1-13(23-24-19(25)12-22-21(26)18-6-3-11-27-18)16-10-9-15-8-7-14-4-2-5-17(16)20(14)15/h2-6,9-11H,7-8,12H2,1H3,(H,22,26)(H,24,25)/b23-13-. The molecule has 0 unspecified atom stereocenters. The van der Waals surface area contributed by atoms with Gasteiger partial charge in [0.15, 0.2) is 5.76 Å². The van der Waals surface area contributed by atoms with Gasteiger partial charge in [-0.2, -0.15) is 5.10 Å². The van der Waals surface area contributed by atoms with Crippen molar-refractivity contribution < 1.29 is 14.0 Å². The molecule has 0 aliphatic heterocycles. The van der Waals surface area contributed by atoms with Gasteiger partial charge in [-0.3, -0.25) is 9.59 Å². The summed E-state index contributed by atoms with van der Waals surface area (Å²) in [7, 11) is 0. The van der Waals surface area contributed by atoms with Gasteiger partial charge < -0.3 is 9.73 Å². The zero-order valence-corrected chi connectivity index (χ0v) is 14.9. The third-order valence-electron chi connectivity index (χ3n) is 4.77. The molecular formula is C21H19N3O3. The molecule has 1 aromatic heterocycles. The van der Waals surface area contributed by atoms with Crippen molar-refractivity contribution in [3.63, 3.8) is 0 Å². The van der Waals surface area contributed by atoms with E-state index in [1.54, 1.807) is 6.07 Å². The lowest BCUT2D eigenvalue weighted by molar-refractivity contribution is -0.120. The minimum atomic E-state index is -0.441. The molecule has 4 rings (SSSR count). The van der Waals surface area contributed by atoms with Crippen molar-refractivity contribution in [2.45, 2.75) is 19.8 Å². The molecule has 1 aliphatic rings. The number of hydrogen-bond donors (Lipinski definition) is 2. The molecule has 3 aromatic rings. The van der Waals surface area contributed by atoms with E-state index in [9.17, 15) is 9.59 Å². The summed E-state index contributed by atoms with van der Waals surface area (Å²) in [5.41, 5.74) is 6.94. The van der Waals surface area contributed by atoms with Crippen molar-refractivity contribution in [2.24, 2.45) is 5.10 Å². The van der Waals surface area contributed by atoms with Crippen LogP contribution in [-0.2, 0) is 17.6 Å². The first kappa shape index (κ1) is 17.0. The number of nitrogens with zero attached hydrogens (tertiary/aromatic N) is 1. The highest BCUT2D eigenvalue weighted by atomic mass is 16.3. The number of carbonyl (C=O) groups is 2. The second-order valence-electron chi connectivity index (χ2n) is 6.50. The SMILES string of the molecule is C/C(=N/NC(=O)CNC(=O)c1ccco1)c1ccc2c3c(cccc13)CC2. The highest BCUT2D eigenvalue weighted by Gasteiger charge is 2.16. The number of nitrogens with one attached hydrogen (secondary N) is 2. The van der Waals surface area contributed by atoms with Gasteiger partial charge in [-0.25, -0.2) is 5.43 Å². The molecule has 2 amide bonds. The van der Waals surface area contributed by atoms with Crippen LogP contribution in [0, 0.1) is 0 Å². The van der Waals surface area contributed by atoms with Gasteiger partial charge in [-0.05, 0) is 53.8 Å². The molecular weight excluding hydrogens is 342 g/mol. The smallest absolute Gasteiger partial charge is 0.287 e. The molecule has 136 valence electrons. The molecule has 0 radical (unpaired) electrons. The summed E-state index contributed by atoms with van der Waals surface area (Å²) in [6.07, 6.45) is 3.54. The van der Waals surface area contributed by atoms with Crippen LogP contribution < -0.4 is 10.7 Å². The normalized spacial score (nSPS) is 13.0. The van der Waals surface area contributed by atoms with Crippen LogP contribution in [0.3, 0.4) is 0 Å². The van der Waals surface area contributed by atoms with E-state index in [-0.39, 0.29) is 12.3 Å². The molecule has 0 saturated carbocycles. The zero-order valence-electron chi connectivity index (χ0n) is 14.9. The van der Waals surface area contributed by atoms with Crippen molar-refractivity contribution >= 4 is 28.3 Å². The fourth-order valence-corrected chi connectivity index (χ4v) is 3.46. The maximum atomic E-state index is 12.0. The molecule has 1 aliphatic carbocycles. The van der Waals surface area contributed by atoms with Crippen LogP contribution in [0.2, 0.25) is 0 Å². The van der Waals surface area contributed by atoms with Crippen LogP contribution in [0.15, 0.2) is 58.2 Å². The maximum absolute atomic E-state index is 12.0. The van der Waals surface area contributed by atoms with Gasteiger partial charge in [0, 0.05) is 5.56 Å². The molecule has 2 N–H and O–H groups in total. The number of carbonyl (C=O) groups excluding carboxylic acids is 2. The van der Waals surface area contributed by atoms with Gasteiger partial charge in [-0.1, -0.05) is 30.3 Å². The van der Waals surface area contributed by atoms with E-state index in [1.165, 1.54) is 28.8 Å². The first-order valence-electron chi connectivity index (χ1n) is 8.82. The Bertz CT molecular complexity index is 1040. The number of amides is 2. The minimum absolute atomic E-state index is 0.162. The Labute approximate surface area is 156 Å². The highest BCUT2D eigenvalue weighted by Crippen LogP contribution is 2.32. The van der Waals surface area contributed by atoms with Gasteiger partial charge in [0.1, 0.15) is 0 Å². The summed E-state index contributed by atoms with van der Waals surface area (Å²) >= 11 is 0. The largest absolute Gasteiger partial charge is 0.459 e. The van der Waals surface area contributed by atoms with Gasteiger partial charge in [-0.15, -0.1) is 0 Å². The van der Waals surface area contributed by atoms with E-state index in [1.807, 2.05) is 6.92 Å². The lowest BCUT2D eigenvalue weighted by atomic mass is 9.98. The topological polar surface area (TPSA) is 83.7 Å². The van der Waals surface area contributed by atoms with E-state index < -0.39 is 11.8 Å². The number of hydrogen-bond acceptors (Lipinski definition) is 4. The number of furan rings is 1. The Morgan fingerprint density at radius 1 is 1.07 bits per heavy atom. The molecule has 2 aromatic carbocycles. The predicted octanol–water partition coefficient (Wildman–Crippen LogP) is 2.80. The summed E-state index contributed by atoms with van der Waals surface area (Å²) in [6.45, 7) is 1.68. The monoisotopic (exact) mass is 361 g/mol. The van der Waals surface area contributed by atoms with Gasteiger partial charge in [0.05, 0.1) is 18.5 Å².